The molecule has 1 unspecified atom stereocenters. The summed E-state index contributed by atoms with van der Waals surface area (Å²) in [5.41, 5.74) is 0. The maximum absolute atomic E-state index is 5.82. The van der Waals surface area contributed by atoms with Crippen LogP contribution in [0.15, 0.2) is 24.0 Å². The first-order valence-electron chi connectivity index (χ1n) is 6.55. The minimum Gasteiger partial charge on any atom is -0.458 e. The lowest BCUT2D eigenvalue weighted by Crippen LogP contribution is -2.34. The van der Waals surface area contributed by atoms with Gasteiger partial charge in [0.2, 0.25) is 5.79 Å². The molecule has 0 aliphatic carbocycles. The second kappa shape index (κ2) is 5.93. The molecule has 0 N–H and O–H groups in total. The minimum absolute atomic E-state index is 0.477. The lowest BCUT2D eigenvalue weighted by molar-refractivity contribution is -0.191. The number of allylic oxidation sites excluding steroid dienone is 2. The lowest BCUT2D eigenvalue weighted by atomic mass is 10.1. The van der Waals surface area contributed by atoms with E-state index in [1.807, 2.05) is 18.2 Å². The monoisotopic (exact) mass is 232 g/mol. The van der Waals surface area contributed by atoms with Crippen molar-refractivity contribution < 1.29 is 9.47 Å². The van der Waals surface area contributed by atoms with E-state index in [4.69, 9.17) is 9.47 Å². The quantitative estimate of drug-likeness (QED) is 0.535. The van der Waals surface area contributed by atoms with E-state index in [-0.39, 0.29) is 0 Å². The summed E-state index contributed by atoms with van der Waals surface area (Å²) < 4.78 is 11.5. The molecule has 17 heavy (non-hydrogen) atoms. The highest BCUT2D eigenvalue weighted by molar-refractivity contribution is 5.30. The highest BCUT2D eigenvalue weighted by Gasteiger charge is 2.36. The van der Waals surface area contributed by atoms with Crippen LogP contribution in [0.1, 0.15) is 45.4 Å². The van der Waals surface area contributed by atoms with Gasteiger partial charge in [-0.1, -0.05) is 25.2 Å². The van der Waals surface area contributed by atoms with Gasteiger partial charge in [-0.25, -0.2) is 0 Å². The van der Waals surface area contributed by atoms with E-state index in [2.05, 4.69) is 18.8 Å². The van der Waals surface area contributed by atoms with Crippen LogP contribution in [0.2, 0.25) is 0 Å². The van der Waals surface area contributed by atoms with Crippen molar-refractivity contribution >= 4 is 0 Å². The Morgan fingerprint density at radius 1 is 1.47 bits per heavy atom. The number of rotatable bonds is 2. The molecule has 2 aliphatic rings. The van der Waals surface area contributed by atoms with Gasteiger partial charge in [0.25, 0.3) is 0 Å². The van der Waals surface area contributed by atoms with Crippen molar-refractivity contribution in [2.75, 3.05) is 6.61 Å². The first-order chi connectivity index (χ1) is 8.35. The number of hydrogen-bond donors (Lipinski definition) is 0. The maximum atomic E-state index is 5.82. The van der Waals surface area contributed by atoms with Crippen LogP contribution in [0.4, 0.5) is 0 Å². The van der Waals surface area contributed by atoms with Gasteiger partial charge in [0, 0.05) is 18.9 Å². The average molecular weight is 232 g/mol. The van der Waals surface area contributed by atoms with Gasteiger partial charge in [-0.05, 0) is 31.4 Å². The first kappa shape index (κ1) is 12.3. The molecule has 0 aromatic heterocycles. The molecule has 0 radical (unpaired) electrons. The van der Waals surface area contributed by atoms with Gasteiger partial charge < -0.3 is 9.47 Å². The Balaban J connectivity index is 1.86. The van der Waals surface area contributed by atoms with Crippen LogP contribution in [0.3, 0.4) is 0 Å². The molecule has 0 aromatic rings. The molecular weight excluding hydrogens is 212 g/mol. The Morgan fingerprint density at radius 3 is 3.18 bits per heavy atom. The molecule has 0 bridgehead atoms. The fourth-order valence-electron chi connectivity index (χ4n) is 2.02. The van der Waals surface area contributed by atoms with Crippen LogP contribution < -0.4 is 0 Å². The number of ether oxygens (including phenoxy) is 2. The van der Waals surface area contributed by atoms with E-state index in [1.165, 1.54) is 19.3 Å². The third-order valence-electron chi connectivity index (χ3n) is 3.03. The van der Waals surface area contributed by atoms with Crippen LogP contribution >= 0.6 is 0 Å². The Bertz CT molecular complexity index is 362. The van der Waals surface area contributed by atoms with Crippen molar-refractivity contribution in [3.8, 4) is 11.8 Å². The highest BCUT2D eigenvalue weighted by atomic mass is 16.7. The SMILES string of the molecule is CCCCC#C/C=C1\C=CC2(CCCCO2)O1. The van der Waals surface area contributed by atoms with Gasteiger partial charge >= 0.3 is 0 Å². The Labute approximate surface area is 104 Å². The largest absolute Gasteiger partial charge is 0.458 e. The molecule has 2 aliphatic heterocycles. The third kappa shape index (κ3) is 3.38. The molecule has 2 heterocycles. The topological polar surface area (TPSA) is 18.5 Å². The molecule has 0 aromatic carbocycles. The fourth-order valence-corrected chi connectivity index (χ4v) is 2.02. The molecule has 1 fully saturated rings. The number of hydrogen-bond acceptors (Lipinski definition) is 2. The zero-order valence-corrected chi connectivity index (χ0v) is 10.5. The summed E-state index contributed by atoms with van der Waals surface area (Å²) in [6.07, 6.45) is 12.4. The lowest BCUT2D eigenvalue weighted by Gasteiger charge is -2.31. The Kier molecular flexibility index (Phi) is 4.28. The maximum Gasteiger partial charge on any atom is 0.230 e. The summed E-state index contributed by atoms with van der Waals surface area (Å²) in [5.74, 6) is 6.52. The van der Waals surface area contributed by atoms with Crippen LogP contribution in [0.5, 0.6) is 0 Å². The van der Waals surface area contributed by atoms with Crippen LogP contribution in [-0.2, 0) is 9.47 Å². The van der Waals surface area contributed by atoms with E-state index < -0.39 is 5.79 Å². The zero-order valence-electron chi connectivity index (χ0n) is 10.5. The smallest absolute Gasteiger partial charge is 0.230 e. The van der Waals surface area contributed by atoms with E-state index in [1.54, 1.807) is 0 Å². The van der Waals surface area contributed by atoms with Gasteiger partial charge in [0.05, 0.1) is 6.61 Å². The van der Waals surface area contributed by atoms with Crippen molar-refractivity contribution in [2.24, 2.45) is 0 Å². The summed E-state index contributed by atoms with van der Waals surface area (Å²) >= 11 is 0. The number of unbranched alkanes of at least 4 members (excludes halogenated alkanes) is 2. The van der Waals surface area contributed by atoms with E-state index >= 15 is 0 Å². The summed E-state index contributed by atoms with van der Waals surface area (Å²) in [6.45, 7) is 2.97. The van der Waals surface area contributed by atoms with Gasteiger partial charge in [-0.3, -0.25) is 0 Å². The molecule has 1 atom stereocenters. The normalized spacial score (nSPS) is 29.1. The minimum atomic E-state index is -0.477. The molecule has 1 spiro atoms. The van der Waals surface area contributed by atoms with E-state index in [9.17, 15) is 0 Å². The Hall–Kier alpha value is -1.20. The summed E-state index contributed by atoms with van der Waals surface area (Å²) in [7, 11) is 0. The van der Waals surface area contributed by atoms with Crippen molar-refractivity contribution in [1.82, 2.24) is 0 Å². The van der Waals surface area contributed by atoms with Crippen LogP contribution in [-0.4, -0.2) is 12.4 Å². The van der Waals surface area contributed by atoms with Gasteiger partial charge in [0.1, 0.15) is 5.76 Å². The zero-order chi connectivity index (χ0) is 12.0. The second-order valence-corrected chi connectivity index (χ2v) is 4.52. The summed E-state index contributed by atoms with van der Waals surface area (Å²) in [6, 6.07) is 0. The molecule has 2 heteroatoms. The van der Waals surface area contributed by atoms with Gasteiger partial charge in [-0.15, -0.1) is 0 Å². The molecule has 2 nitrogen and oxygen atoms in total. The molecule has 0 amide bonds. The van der Waals surface area contributed by atoms with Crippen molar-refractivity contribution in [3.63, 3.8) is 0 Å². The predicted octanol–water partition coefficient (Wildman–Crippen LogP) is 3.55. The summed E-state index contributed by atoms with van der Waals surface area (Å²) in [5, 5.41) is 0. The van der Waals surface area contributed by atoms with Crippen molar-refractivity contribution in [3.05, 3.63) is 24.0 Å². The molecular formula is C15H20O2. The highest BCUT2D eigenvalue weighted by Crippen LogP contribution is 2.34. The molecule has 92 valence electrons. The van der Waals surface area contributed by atoms with Gasteiger partial charge in [0.15, 0.2) is 0 Å². The summed E-state index contributed by atoms with van der Waals surface area (Å²) in [4.78, 5) is 0. The standard InChI is InChI=1S/C15H20O2/c1-2-3-4-5-6-9-14-10-12-15(17-14)11-7-8-13-16-15/h9-10,12H,2-4,7-8,11,13H2,1H3/b14-9+. The van der Waals surface area contributed by atoms with Crippen LogP contribution in [0, 0.1) is 11.8 Å². The average Bonchev–Trinajstić information content (AvgIpc) is 2.73. The molecule has 1 saturated heterocycles. The first-order valence-corrected chi connectivity index (χ1v) is 6.55. The third-order valence-corrected chi connectivity index (χ3v) is 3.03. The van der Waals surface area contributed by atoms with Crippen molar-refractivity contribution in [1.29, 1.82) is 0 Å². The van der Waals surface area contributed by atoms with E-state index in [0.717, 1.165) is 31.6 Å². The molecule has 0 saturated carbocycles. The van der Waals surface area contributed by atoms with Crippen LogP contribution in [0.25, 0.3) is 0 Å². The fraction of sp³-hybridized carbons (Fsp3) is 0.600. The van der Waals surface area contributed by atoms with Crippen molar-refractivity contribution in [2.45, 2.75) is 51.2 Å². The van der Waals surface area contributed by atoms with E-state index in [0.29, 0.717) is 0 Å². The van der Waals surface area contributed by atoms with Gasteiger partial charge in [-0.2, -0.15) is 0 Å². The molecule has 2 rings (SSSR count). The Morgan fingerprint density at radius 2 is 2.41 bits per heavy atom. The predicted molar refractivity (Wildman–Crippen MR) is 68.1 cm³/mol. The second-order valence-electron chi connectivity index (χ2n) is 4.52.